The Morgan fingerprint density at radius 2 is 2.05 bits per heavy atom. The molecule has 2 rings (SSSR count). The van der Waals surface area contributed by atoms with Gasteiger partial charge in [-0.05, 0) is 54.9 Å². The summed E-state index contributed by atoms with van der Waals surface area (Å²) in [4.78, 5) is 0. The standard InChI is InChI=1S/C14H17BrClN3/c1-8(14-9(2)18-19(4)10(14)3)17-13-6-5-11(16)7-12(13)15/h5-8,17H,1-4H3. The van der Waals surface area contributed by atoms with E-state index in [9.17, 15) is 0 Å². The molecule has 5 heteroatoms. The summed E-state index contributed by atoms with van der Waals surface area (Å²) in [7, 11) is 1.97. The number of hydrogen-bond acceptors (Lipinski definition) is 2. The Balaban J connectivity index is 2.28. The molecule has 2 aromatic rings. The summed E-state index contributed by atoms with van der Waals surface area (Å²) in [5, 5.41) is 8.66. The van der Waals surface area contributed by atoms with Gasteiger partial charge in [0.1, 0.15) is 0 Å². The van der Waals surface area contributed by atoms with Crippen LogP contribution in [0.15, 0.2) is 22.7 Å². The summed E-state index contributed by atoms with van der Waals surface area (Å²) < 4.78 is 2.88. The number of rotatable bonds is 3. The van der Waals surface area contributed by atoms with Gasteiger partial charge in [0.2, 0.25) is 0 Å². The smallest absolute Gasteiger partial charge is 0.0649 e. The molecule has 3 nitrogen and oxygen atoms in total. The normalized spacial score (nSPS) is 12.5. The summed E-state index contributed by atoms with van der Waals surface area (Å²) >= 11 is 9.48. The highest BCUT2D eigenvalue weighted by atomic mass is 79.9. The lowest BCUT2D eigenvalue weighted by atomic mass is 10.1. The predicted octanol–water partition coefficient (Wildman–Crippen LogP) is 4.63. The quantitative estimate of drug-likeness (QED) is 0.881. The van der Waals surface area contributed by atoms with Gasteiger partial charge in [-0.2, -0.15) is 5.10 Å². The lowest BCUT2D eigenvalue weighted by Crippen LogP contribution is -2.09. The van der Waals surface area contributed by atoms with E-state index < -0.39 is 0 Å². The van der Waals surface area contributed by atoms with Crippen LogP contribution in [0.3, 0.4) is 0 Å². The van der Waals surface area contributed by atoms with Gasteiger partial charge in [-0.3, -0.25) is 4.68 Å². The lowest BCUT2D eigenvalue weighted by Gasteiger charge is -2.17. The van der Waals surface area contributed by atoms with E-state index in [4.69, 9.17) is 11.6 Å². The largest absolute Gasteiger partial charge is 0.377 e. The van der Waals surface area contributed by atoms with Crippen molar-refractivity contribution in [2.45, 2.75) is 26.8 Å². The van der Waals surface area contributed by atoms with Crippen LogP contribution < -0.4 is 5.32 Å². The van der Waals surface area contributed by atoms with Crippen LogP contribution in [0.2, 0.25) is 5.02 Å². The molecule has 1 atom stereocenters. The topological polar surface area (TPSA) is 29.9 Å². The van der Waals surface area contributed by atoms with E-state index in [0.717, 1.165) is 20.9 Å². The van der Waals surface area contributed by atoms with E-state index in [-0.39, 0.29) is 6.04 Å². The molecule has 19 heavy (non-hydrogen) atoms. The van der Waals surface area contributed by atoms with Gasteiger partial charge >= 0.3 is 0 Å². The second-order valence-electron chi connectivity index (χ2n) is 4.70. The minimum absolute atomic E-state index is 0.186. The molecular formula is C14H17BrClN3. The number of nitrogens with one attached hydrogen (secondary N) is 1. The van der Waals surface area contributed by atoms with E-state index in [2.05, 4.69) is 40.2 Å². The summed E-state index contributed by atoms with van der Waals surface area (Å²) in [6.07, 6.45) is 0. The van der Waals surface area contributed by atoms with Crippen LogP contribution in [0.4, 0.5) is 5.69 Å². The van der Waals surface area contributed by atoms with Gasteiger partial charge in [0.15, 0.2) is 0 Å². The fraction of sp³-hybridized carbons (Fsp3) is 0.357. The number of nitrogens with zero attached hydrogens (tertiary/aromatic N) is 2. The van der Waals surface area contributed by atoms with Crippen LogP contribution in [0.1, 0.15) is 29.9 Å². The van der Waals surface area contributed by atoms with E-state index in [1.165, 1.54) is 11.3 Å². The van der Waals surface area contributed by atoms with Crippen LogP contribution >= 0.6 is 27.5 Å². The highest BCUT2D eigenvalue weighted by molar-refractivity contribution is 9.10. The summed E-state index contributed by atoms with van der Waals surface area (Å²) in [6, 6.07) is 5.93. The molecule has 0 saturated heterocycles. The van der Waals surface area contributed by atoms with Crippen molar-refractivity contribution in [3.8, 4) is 0 Å². The number of aryl methyl sites for hydroxylation is 2. The first-order valence-corrected chi connectivity index (χ1v) is 7.29. The van der Waals surface area contributed by atoms with Crippen molar-refractivity contribution < 1.29 is 0 Å². The van der Waals surface area contributed by atoms with Crippen LogP contribution in [0, 0.1) is 13.8 Å². The van der Waals surface area contributed by atoms with Crippen molar-refractivity contribution in [2.24, 2.45) is 7.05 Å². The van der Waals surface area contributed by atoms with Crippen molar-refractivity contribution in [3.63, 3.8) is 0 Å². The average Bonchev–Trinajstić information content (AvgIpc) is 2.57. The van der Waals surface area contributed by atoms with Crippen molar-refractivity contribution >= 4 is 33.2 Å². The third-order valence-corrected chi connectivity index (χ3v) is 4.19. The number of aromatic nitrogens is 2. The van der Waals surface area contributed by atoms with Gasteiger partial charge in [0.05, 0.1) is 11.7 Å². The number of benzene rings is 1. The molecule has 0 amide bonds. The van der Waals surface area contributed by atoms with E-state index in [1.807, 2.05) is 36.9 Å². The predicted molar refractivity (Wildman–Crippen MR) is 83.9 cm³/mol. The van der Waals surface area contributed by atoms with Crippen LogP contribution in [0.25, 0.3) is 0 Å². The third-order valence-electron chi connectivity index (χ3n) is 3.30. The average molecular weight is 343 g/mol. The van der Waals surface area contributed by atoms with Gasteiger partial charge in [-0.15, -0.1) is 0 Å². The monoisotopic (exact) mass is 341 g/mol. The molecule has 0 bridgehead atoms. The summed E-state index contributed by atoms with van der Waals surface area (Å²) in [5.74, 6) is 0. The minimum Gasteiger partial charge on any atom is -0.377 e. The molecule has 0 aliphatic rings. The van der Waals surface area contributed by atoms with E-state index in [0.29, 0.717) is 0 Å². The highest BCUT2D eigenvalue weighted by Crippen LogP contribution is 2.30. The Bertz CT molecular complexity index is 607. The third kappa shape index (κ3) is 2.95. The Morgan fingerprint density at radius 1 is 1.37 bits per heavy atom. The van der Waals surface area contributed by atoms with Crippen LogP contribution in [0.5, 0.6) is 0 Å². The van der Waals surface area contributed by atoms with Gasteiger partial charge in [-0.1, -0.05) is 11.6 Å². The molecule has 0 spiro atoms. The maximum atomic E-state index is 5.95. The second-order valence-corrected chi connectivity index (χ2v) is 5.99. The molecule has 1 aromatic carbocycles. The zero-order valence-corrected chi connectivity index (χ0v) is 13.8. The first-order chi connectivity index (χ1) is 8.90. The van der Waals surface area contributed by atoms with E-state index in [1.54, 1.807) is 0 Å². The molecule has 1 N–H and O–H groups in total. The van der Waals surface area contributed by atoms with Gasteiger partial charge < -0.3 is 5.32 Å². The Morgan fingerprint density at radius 3 is 2.58 bits per heavy atom. The molecule has 1 unspecified atom stereocenters. The van der Waals surface area contributed by atoms with E-state index >= 15 is 0 Å². The number of anilines is 1. The molecular weight excluding hydrogens is 326 g/mol. The lowest BCUT2D eigenvalue weighted by molar-refractivity contribution is 0.728. The maximum Gasteiger partial charge on any atom is 0.0649 e. The minimum atomic E-state index is 0.186. The molecule has 0 aliphatic carbocycles. The fourth-order valence-electron chi connectivity index (χ4n) is 2.33. The Labute approximate surface area is 127 Å². The highest BCUT2D eigenvalue weighted by Gasteiger charge is 2.16. The van der Waals surface area contributed by atoms with Gasteiger partial charge in [0.25, 0.3) is 0 Å². The Hall–Kier alpha value is -1.000. The molecule has 1 aromatic heterocycles. The second kappa shape index (κ2) is 5.55. The molecule has 0 saturated carbocycles. The molecule has 1 heterocycles. The van der Waals surface area contributed by atoms with Crippen molar-refractivity contribution in [3.05, 3.63) is 44.6 Å². The maximum absolute atomic E-state index is 5.95. The van der Waals surface area contributed by atoms with Gasteiger partial charge in [0, 0.05) is 33.5 Å². The van der Waals surface area contributed by atoms with Gasteiger partial charge in [-0.25, -0.2) is 0 Å². The number of hydrogen-bond donors (Lipinski definition) is 1. The Kier molecular flexibility index (Phi) is 4.21. The summed E-state index contributed by atoms with van der Waals surface area (Å²) in [6.45, 7) is 6.26. The molecule has 0 radical (unpaired) electrons. The van der Waals surface area contributed by atoms with Crippen LogP contribution in [-0.2, 0) is 7.05 Å². The number of halogens is 2. The fourth-order valence-corrected chi connectivity index (χ4v) is 3.13. The van der Waals surface area contributed by atoms with Crippen LogP contribution in [-0.4, -0.2) is 9.78 Å². The summed E-state index contributed by atoms with van der Waals surface area (Å²) in [5.41, 5.74) is 4.51. The zero-order valence-electron chi connectivity index (χ0n) is 11.5. The van der Waals surface area contributed by atoms with Crippen molar-refractivity contribution in [1.82, 2.24) is 9.78 Å². The zero-order chi connectivity index (χ0) is 14.2. The SMILES string of the molecule is Cc1nn(C)c(C)c1C(C)Nc1ccc(Cl)cc1Br. The molecule has 0 aliphatic heterocycles. The van der Waals surface area contributed by atoms with Crippen molar-refractivity contribution in [1.29, 1.82) is 0 Å². The first-order valence-electron chi connectivity index (χ1n) is 6.12. The van der Waals surface area contributed by atoms with Crippen molar-refractivity contribution in [2.75, 3.05) is 5.32 Å². The molecule has 102 valence electrons. The molecule has 0 fully saturated rings. The first kappa shape index (κ1) is 14.4.